The van der Waals surface area contributed by atoms with Crippen molar-refractivity contribution >= 4 is 5.69 Å². The Bertz CT molecular complexity index is 444. The summed E-state index contributed by atoms with van der Waals surface area (Å²) in [5.41, 5.74) is 0.435. The summed E-state index contributed by atoms with van der Waals surface area (Å²) >= 11 is 0. The Kier molecular flexibility index (Phi) is 3.11. The molecule has 1 saturated carbocycles. The molecule has 5 heteroatoms. The molecule has 0 bridgehead atoms. The molecule has 17 heavy (non-hydrogen) atoms. The molecular weight excluding hydrogens is 223 g/mol. The first kappa shape index (κ1) is 12.0. The Morgan fingerprint density at radius 2 is 2.24 bits per heavy atom. The van der Waals surface area contributed by atoms with Crippen molar-refractivity contribution in [3.05, 3.63) is 39.7 Å². The molecule has 1 aromatic carbocycles. The van der Waals surface area contributed by atoms with Crippen molar-refractivity contribution < 1.29 is 9.31 Å². The number of nitrogens with zero attached hydrogens (tertiary/aromatic N) is 1. The van der Waals surface area contributed by atoms with E-state index < -0.39 is 10.7 Å². The van der Waals surface area contributed by atoms with Gasteiger partial charge in [0.05, 0.1) is 4.92 Å². The zero-order chi connectivity index (χ0) is 12.5. The van der Waals surface area contributed by atoms with Gasteiger partial charge in [0, 0.05) is 23.7 Å². The number of nitrogens with one attached hydrogen (secondary N) is 1. The smallest absolute Gasteiger partial charge is 0.274 e. The molecule has 0 aromatic heterocycles. The molecule has 0 amide bonds. The highest BCUT2D eigenvalue weighted by atomic mass is 19.1. The maximum absolute atomic E-state index is 13.1. The zero-order valence-corrected chi connectivity index (χ0v) is 9.70. The van der Waals surface area contributed by atoms with Crippen LogP contribution < -0.4 is 5.32 Å². The Morgan fingerprint density at radius 3 is 2.76 bits per heavy atom. The summed E-state index contributed by atoms with van der Waals surface area (Å²) in [7, 11) is 0. The molecule has 0 aliphatic heterocycles. The van der Waals surface area contributed by atoms with Crippen LogP contribution in [0.1, 0.15) is 31.7 Å². The monoisotopic (exact) mass is 238 g/mol. The second kappa shape index (κ2) is 4.41. The first-order chi connectivity index (χ1) is 8.00. The SMILES string of the molecule is CC1(NCc2cc(F)ccc2[N+](=O)[O-])CCC1. The highest BCUT2D eigenvalue weighted by molar-refractivity contribution is 5.40. The molecule has 1 fully saturated rings. The minimum Gasteiger partial charge on any atom is -0.307 e. The van der Waals surface area contributed by atoms with Gasteiger partial charge in [0.1, 0.15) is 5.82 Å². The predicted octanol–water partition coefficient (Wildman–Crippen LogP) is 2.77. The van der Waals surface area contributed by atoms with Crippen LogP contribution in [0.15, 0.2) is 18.2 Å². The molecule has 0 radical (unpaired) electrons. The fourth-order valence-electron chi connectivity index (χ4n) is 2.07. The zero-order valence-electron chi connectivity index (χ0n) is 9.70. The molecular formula is C12H15FN2O2. The first-order valence-corrected chi connectivity index (χ1v) is 5.68. The summed E-state index contributed by atoms with van der Waals surface area (Å²) < 4.78 is 13.1. The van der Waals surface area contributed by atoms with Gasteiger partial charge in [-0.25, -0.2) is 4.39 Å². The number of nitro groups is 1. The van der Waals surface area contributed by atoms with Crippen LogP contribution in [0.2, 0.25) is 0 Å². The second-order valence-corrected chi connectivity index (χ2v) is 4.80. The normalized spacial score (nSPS) is 17.5. The maximum atomic E-state index is 13.1. The van der Waals surface area contributed by atoms with Crippen LogP contribution in [0.4, 0.5) is 10.1 Å². The largest absolute Gasteiger partial charge is 0.307 e. The number of rotatable bonds is 4. The lowest BCUT2D eigenvalue weighted by Gasteiger charge is -2.39. The van der Waals surface area contributed by atoms with Gasteiger partial charge in [-0.3, -0.25) is 10.1 Å². The van der Waals surface area contributed by atoms with Crippen molar-refractivity contribution in [3.8, 4) is 0 Å². The fraction of sp³-hybridized carbons (Fsp3) is 0.500. The lowest BCUT2D eigenvalue weighted by atomic mass is 9.78. The number of nitro benzene ring substituents is 1. The quantitative estimate of drug-likeness (QED) is 0.648. The van der Waals surface area contributed by atoms with Gasteiger partial charge in [-0.1, -0.05) is 0 Å². The summed E-state index contributed by atoms with van der Waals surface area (Å²) in [5.74, 6) is -0.439. The molecule has 0 unspecified atom stereocenters. The van der Waals surface area contributed by atoms with E-state index in [0.29, 0.717) is 12.1 Å². The van der Waals surface area contributed by atoms with Gasteiger partial charge < -0.3 is 5.32 Å². The van der Waals surface area contributed by atoms with Crippen molar-refractivity contribution in [2.24, 2.45) is 0 Å². The van der Waals surface area contributed by atoms with E-state index in [1.807, 2.05) is 0 Å². The third-order valence-corrected chi connectivity index (χ3v) is 3.40. The number of halogens is 1. The highest BCUT2D eigenvalue weighted by Crippen LogP contribution is 2.31. The van der Waals surface area contributed by atoms with Crippen molar-refractivity contribution in [2.45, 2.75) is 38.3 Å². The van der Waals surface area contributed by atoms with Gasteiger partial charge in [-0.2, -0.15) is 0 Å². The van der Waals surface area contributed by atoms with Crippen LogP contribution in [-0.2, 0) is 6.54 Å². The van der Waals surface area contributed by atoms with Crippen LogP contribution in [0.3, 0.4) is 0 Å². The topological polar surface area (TPSA) is 55.2 Å². The van der Waals surface area contributed by atoms with Crippen molar-refractivity contribution in [1.29, 1.82) is 0 Å². The fourth-order valence-corrected chi connectivity index (χ4v) is 2.07. The van der Waals surface area contributed by atoms with Gasteiger partial charge in [-0.05, 0) is 38.3 Å². The van der Waals surface area contributed by atoms with Gasteiger partial charge in [0.25, 0.3) is 5.69 Å². The molecule has 2 rings (SSSR count). The van der Waals surface area contributed by atoms with E-state index in [4.69, 9.17) is 0 Å². The summed E-state index contributed by atoms with van der Waals surface area (Å²) in [4.78, 5) is 10.3. The number of hydrogen-bond donors (Lipinski definition) is 1. The molecule has 1 aliphatic rings. The molecule has 1 aromatic rings. The van der Waals surface area contributed by atoms with Crippen molar-refractivity contribution in [2.75, 3.05) is 0 Å². The third-order valence-electron chi connectivity index (χ3n) is 3.40. The van der Waals surface area contributed by atoms with Crippen molar-refractivity contribution in [3.63, 3.8) is 0 Å². The Labute approximate surface area is 99.0 Å². The molecule has 1 N–H and O–H groups in total. The van der Waals surface area contributed by atoms with E-state index in [0.717, 1.165) is 18.9 Å². The van der Waals surface area contributed by atoms with E-state index in [9.17, 15) is 14.5 Å². The summed E-state index contributed by atoms with van der Waals surface area (Å²) in [6.07, 6.45) is 3.31. The number of benzene rings is 1. The van der Waals surface area contributed by atoms with E-state index in [1.165, 1.54) is 18.6 Å². The Balaban J connectivity index is 2.13. The molecule has 0 spiro atoms. The van der Waals surface area contributed by atoms with Crippen LogP contribution in [0.25, 0.3) is 0 Å². The minimum atomic E-state index is -0.473. The summed E-state index contributed by atoms with van der Waals surface area (Å²) in [5, 5.41) is 14.1. The van der Waals surface area contributed by atoms with E-state index in [-0.39, 0.29) is 11.2 Å². The maximum Gasteiger partial charge on any atom is 0.274 e. The molecule has 4 nitrogen and oxygen atoms in total. The average molecular weight is 238 g/mol. The van der Waals surface area contributed by atoms with Crippen LogP contribution in [0, 0.1) is 15.9 Å². The average Bonchev–Trinajstić information content (AvgIpc) is 2.23. The van der Waals surface area contributed by atoms with Crippen LogP contribution in [-0.4, -0.2) is 10.5 Å². The van der Waals surface area contributed by atoms with E-state index >= 15 is 0 Å². The Hall–Kier alpha value is -1.49. The highest BCUT2D eigenvalue weighted by Gasteiger charge is 2.31. The number of hydrogen-bond acceptors (Lipinski definition) is 3. The van der Waals surface area contributed by atoms with Gasteiger partial charge in [-0.15, -0.1) is 0 Å². The predicted molar refractivity (Wildman–Crippen MR) is 62.2 cm³/mol. The van der Waals surface area contributed by atoms with Gasteiger partial charge in [0.15, 0.2) is 0 Å². The van der Waals surface area contributed by atoms with Gasteiger partial charge in [0.2, 0.25) is 0 Å². The molecule has 0 saturated heterocycles. The molecule has 0 atom stereocenters. The first-order valence-electron chi connectivity index (χ1n) is 5.68. The molecule has 1 aliphatic carbocycles. The lowest BCUT2D eigenvalue weighted by molar-refractivity contribution is -0.385. The van der Waals surface area contributed by atoms with Crippen molar-refractivity contribution in [1.82, 2.24) is 5.32 Å². The van der Waals surface area contributed by atoms with Gasteiger partial charge >= 0.3 is 0 Å². The lowest BCUT2D eigenvalue weighted by Crippen LogP contribution is -2.47. The summed E-state index contributed by atoms with van der Waals surface area (Å²) in [6, 6.07) is 3.56. The third kappa shape index (κ3) is 2.61. The standard InChI is InChI=1S/C12H15FN2O2/c1-12(5-2-6-12)14-8-9-7-10(13)3-4-11(9)15(16)17/h3-4,7,14H,2,5-6,8H2,1H3. The van der Waals surface area contributed by atoms with Crippen LogP contribution in [0.5, 0.6) is 0 Å². The van der Waals surface area contributed by atoms with E-state index in [2.05, 4.69) is 12.2 Å². The Morgan fingerprint density at radius 1 is 1.53 bits per heavy atom. The minimum absolute atomic E-state index is 0.0261. The second-order valence-electron chi connectivity index (χ2n) is 4.80. The molecule has 92 valence electrons. The summed E-state index contributed by atoms with van der Waals surface area (Å²) in [6.45, 7) is 2.42. The van der Waals surface area contributed by atoms with E-state index in [1.54, 1.807) is 0 Å². The molecule has 0 heterocycles. The van der Waals surface area contributed by atoms with Crippen LogP contribution >= 0.6 is 0 Å².